The Morgan fingerprint density at radius 2 is 1.95 bits per heavy atom. The summed E-state index contributed by atoms with van der Waals surface area (Å²) in [5.41, 5.74) is 6.43. The number of carbonyl (C=O) groups is 1. The van der Waals surface area contributed by atoms with Gasteiger partial charge in [-0.15, -0.1) is 12.4 Å². The van der Waals surface area contributed by atoms with Gasteiger partial charge in [0.15, 0.2) is 0 Å². The molecule has 2 N–H and O–H groups in total. The second-order valence-electron chi connectivity index (χ2n) is 4.58. The molecule has 4 nitrogen and oxygen atoms in total. The van der Waals surface area contributed by atoms with Gasteiger partial charge in [-0.3, -0.25) is 0 Å². The molecular formula is C16H19ClFNO3. The first-order valence-corrected chi connectivity index (χ1v) is 6.72. The molecule has 0 fully saturated rings. The van der Waals surface area contributed by atoms with Gasteiger partial charge >= 0.3 is 5.97 Å². The summed E-state index contributed by atoms with van der Waals surface area (Å²) in [7, 11) is 1.48. The fourth-order valence-electron chi connectivity index (χ4n) is 2.31. The maximum Gasteiger partial charge on any atom is 0.342 e. The average Bonchev–Trinajstić information content (AvgIpc) is 2.52. The summed E-state index contributed by atoms with van der Waals surface area (Å²) in [6, 6.07) is 9.85. The molecule has 0 aromatic heterocycles. The van der Waals surface area contributed by atoms with Crippen molar-refractivity contribution in [2.45, 2.75) is 19.1 Å². The standard InChI is InChI=1S/C16H18FNO3.ClH/c1-3-21-16(19)14(17)15(18)13-11-7-5-4-6-10(11)8-9-12(13)20-2;/h4-9,14-15H,3,18H2,1-2H3;1H/t14?,15-;/m1./s1. The fraction of sp³-hybridized carbons (Fsp3) is 0.312. The van der Waals surface area contributed by atoms with Crippen LogP contribution in [0.4, 0.5) is 4.39 Å². The van der Waals surface area contributed by atoms with Crippen molar-refractivity contribution in [1.29, 1.82) is 0 Å². The zero-order valence-electron chi connectivity index (χ0n) is 12.4. The van der Waals surface area contributed by atoms with Crippen molar-refractivity contribution < 1.29 is 18.7 Å². The average molecular weight is 328 g/mol. The Balaban J connectivity index is 0.00000242. The van der Waals surface area contributed by atoms with Gasteiger partial charge in [0.2, 0.25) is 6.17 Å². The largest absolute Gasteiger partial charge is 0.496 e. The molecule has 0 aliphatic carbocycles. The summed E-state index contributed by atoms with van der Waals surface area (Å²) in [6.07, 6.45) is -1.94. The van der Waals surface area contributed by atoms with E-state index >= 15 is 0 Å². The molecule has 0 spiro atoms. The number of esters is 1. The molecule has 2 aromatic carbocycles. The first-order chi connectivity index (χ1) is 10.1. The van der Waals surface area contributed by atoms with Gasteiger partial charge in [0, 0.05) is 5.56 Å². The SMILES string of the molecule is CCOC(=O)C(F)[C@H](N)c1c(OC)ccc2ccccc12.Cl. The zero-order chi connectivity index (χ0) is 15.4. The number of nitrogens with two attached hydrogens (primary N) is 1. The van der Waals surface area contributed by atoms with Crippen LogP contribution in [0.15, 0.2) is 36.4 Å². The van der Waals surface area contributed by atoms with Gasteiger partial charge < -0.3 is 15.2 Å². The van der Waals surface area contributed by atoms with Crippen molar-refractivity contribution in [3.05, 3.63) is 42.0 Å². The fourth-order valence-corrected chi connectivity index (χ4v) is 2.31. The third-order valence-electron chi connectivity index (χ3n) is 3.31. The van der Waals surface area contributed by atoms with E-state index in [1.165, 1.54) is 7.11 Å². The minimum Gasteiger partial charge on any atom is -0.496 e. The molecule has 0 bridgehead atoms. The van der Waals surface area contributed by atoms with E-state index in [0.717, 1.165) is 10.8 Å². The van der Waals surface area contributed by atoms with Gasteiger partial charge in [0.05, 0.1) is 19.8 Å². The third-order valence-corrected chi connectivity index (χ3v) is 3.31. The quantitative estimate of drug-likeness (QED) is 0.857. The number of halogens is 2. The normalized spacial score (nSPS) is 13.1. The first kappa shape index (κ1) is 18.2. The summed E-state index contributed by atoms with van der Waals surface area (Å²) in [5, 5.41) is 1.66. The van der Waals surface area contributed by atoms with Crippen LogP contribution in [-0.2, 0) is 9.53 Å². The number of hydrogen-bond donors (Lipinski definition) is 1. The van der Waals surface area contributed by atoms with Crippen molar-refractivity contribution in [3.63, 3.8) is 0 Å². The van der Waals surface area contributed by atoms with Crippen LogP contribution in [-0.4, -0.2) is 25.9 Å². The lowest BCUT2D eigenvalue weighted by molar-refractivity contribution is -0.149. The van der Waals surface area contributed by atoms with Crippen LogP contribution >= 0.6 is 12.4 Å². The van der Waals surface area contributed by atoms with E-state index in [9.17, 15) is 9.18 Å². The highest BCUT2D eigenvalue weighted by Gasteiger charge is 2.31. The molecule has 6 heteroatoms. The molecule has 0 aliphatic rings. The summed E-state index contributed by atoms with van der Waals surface area (Å²) in [5.74, 6) is -0.506. The zero-order valence-corrected chi connectivity index (χ0v) is 13.2. The van der Waals surface area contributed by atoms with Crippen LogP contribution in [0.5, 0.6) is 5.75 Å². The Labute approximate surface area is 134 Å². The van der Waals surface area contributed by atoms with Crippen molar-refractivity contribution in [2.75, 3.05) is 13.7 Å². The maximum absolute atomic E-state index is 14.3. The Kier molecular flexibility index (Phi) is 6.59. The topological polar surface area (TPSA) is 61.5 Å². The van der Waals surface area contributed by atoms with Crippen molar-refractivity contribution in [3.8, 4) is 5.75 Å². The molecule has 0 saturated heterocycles. The molecule has 2 aromatic rings. The Hall–Kier alpha value is -1.85. The molecule has 0 amide bonds. The highest BCUT2D eigenvalue weighted by atomic mass is 35.5. The van der Waals surface area contributed by atoms with E-state index in [1.54, 1.807) is 13.0 Å². The lowest BCUT2D eigenvalue weighted by Gasteiger charge is -2.20. The number of alkyl halides is 1. The van der Waals surface area contributed by atoms with Crippen LogP contribution in [0.2, 0.25) is 0 Å². The van der Waals surface area contributed by atoms with E-state index in [0.29, 0.717) is 11.3 Å². The number of fused-ring (bicyclic) bond motifs is 1. The highest BCUT2D eigenvalue weighted by molar-refractivity contribution is 5.89. The smallest absolute Gasteiger partial charge is 0.342 e. The molecule has 1 unspecified atom stereocenters. The number of benzene rings is 2. The van der Waals surface area contributed by atoms with Crippen molar-refractivity contribution >= 4 is 29.1 Å². The second kappa shape index (κ2) is 7.96. The van der Waals surface area contributed by atoms with Gasteiger partial charge in [0.25, 0.3) is 0 Å². The van der Waals surface area contributed by atoms with Gasteiger partial charge in [-0.05, 0) is 23.8 Å². The van der Waals surface area contributed by atoms with E-state index in [2.05, 4.69) is 0 Å². The third kappa shape index (κ3) is 3.48. The minimum atomic E-state index is -1.94. The highest BCUT2D eigenvalue weighted by Crippen LogP contribution is 2.34. The predicted octanol–water partition coefficient (Wildman–Crippen LogP) is 3.17. The van der Waals surface area contributed by atoms with Gasteiger partial charge in [-0.2, -0.15) is 0 Å². The molecule has 0 radical (unpaired) electrons. The number of ether oxygens (including phenoxy) is 2. The second-order valence-corrected chi connectivity index (χ2v) is 4.58. The summed E-state index contributed by atoms with van der Waals surface area (Å²) in [4.78, 5) is 11.6. The number of hydrogen-bond acceptors (Lipinski definition) is 4. The monoisotopic (exact) mass is 327 g/mol. The molecule has 22 heavy (non-hydrogen) atoms. The van der Waals surface area contributed by atoms with E-state index in [1.807, 2.05) is 30.3 Å². The molecule has 0 heterocycles. The van der Waals surface area contributed by atoms with Gasteiger partial charge in [0.1, 0.15) is 5.75 Å². The van der Waals surface area contributed by atoms with Crippen molar-refractivity contribution in [1.82, 2.24) is 0 Å². The molecule has 2 rings (SSSR count). The first-order valence-electron chi connectivity index (χ1n) is 6.72. The molecule has 2 atom stereocenters. The van der Waals surface area contributed by atoms with Gasteiger partial charge in [-0.1, -0.05) is 30.3 Å². The molecule has 0 aliphatic heterocycles. The Morgan fingerprint density at radius 1 is 1.27 bits per heavy atom. The van der Waals surface area contributed by atoms with E-state index in [-0.39, 0.29) is 19.0 Å². The lowest BCUT2D eigenvalue weighted by Crippen LogP contribution is -2.32. The van der Waals surface area contributed by atoms with Crippen LogP contribution in [0.25, 0.3) is 10.8 Å². The van der Waals surface area contributed by atoms with E-state index < -0.39 is 18.2 Å². The van der Waals surface area contributed by atoms with Crippen LogP contribution in [0.3, 0.4) is 0 Å². The predicted molar refractivity (Wildman–Crippen MR) is 86.2 cm³/mol. The van der Waals surface area contributed by atoms with Crippen LogP contribution < -0.4 is 10.5 Å². The summed E-state index contributed by atoms with van der Waals surface area (Å²) in [6.45, 7) is 1.73. The maximum atomic E-state index is 14.3. The minimum absolute atomic E-state index is 0. The summed E-state index contributed by atoms with van der Waals surface area (Å²) < 4.78 is 24.2. The van der Waals surface area contributed by atoms with E-state index in [4.69, 9.17) is 15.2 Å². The molecule has 120 valence electrons. The lowest BCUT2D eigenvalue weighted by atomic mass is 9.95. The summed E-state index contributed by atoms with van der Waals surface area (Å²) >= 11 is 0. The number of methoxy groups -OCH3 is 1. The Morgan fingerprint density at radius 3 is 2.59 bits per heavy atom. The molecular weight excluding hydrogens is 309 g/mol. The van der Waals surface area contributed by atoms with Crippen LogP contribution in [0, 0.1) is 0 Å². The van der Waals surface area contributed by atoms with Crippen molar-refractivity contribution in [2.24, 2.45) is 5.73 Å². The number of rotatable bonds is 5. The molecule has 0 saturated carbocycles. The Bertz CT molecular complexity index is 650. The van der Waals surface area contributed by atoms with Gasteiger partial charge in [-0.25, -0.2) is 9.18 Å². The van der Waals surface area contributed by atoms with Crippen LogP contribution in [0.1, 0.15) is 18.5 Å². The number of carbonyl (C=O) groups excluding carboxylic acids is 1.